The quantitative estimate of drug-likeness (QED) is 0.778. The van der Waals surface area contributed by atoms with Crippen LogP contribution in [0.2, 0.25) is 0 Å². The molecule has 1 aromatic carbocycles. The Kier molecular flexibility index (Phi) is 8.08. The molecule has 18 heavy (non-hydrogen) atoms. The summed E-state index contributed by atoms with van der Waals surface area (Å²) in [6, 6.07) is 9.70. The predicted octanol–water partition coefficient (Wildman–Crippen LogP) is 2.23. The molecule has 0 heterocycles. The Labute approximate surface area is 115 Å². The molecule has 3 nitrogen and oxygen atoms in total. The summed E-state index contributed by atoms with van der Waals surface area (Å²) in [6.07, 6.45) is 2.56. The average molecular weight is 269 g/mol. The van der Waals surface area contributed by atoms with Crippen LogP contribution in [-0.4, -0.2) is 18.5 Å². The molecule has 100 valence electrons. The van der Waals surface area contributed by atoms with Crippen LogP contribution >= 0.6 is 12.4 Å². The molecule has 0 fully saturated rings. The van der Waals surface area contributed by atoms with Crippen molar-refractivity contribution in [1.82, 2.24) is 5.32 Å². The SMILES string of the molecule is C=CCC(C)NC(=O)C(CN)c1ccccc1.Cl. The largest absolute Gasteiger partial charge is 0.353 e. The van der Waals surface area contributed by atoms with Crippen molar-refractivity contribution in [2.75, 3.05) is 6.54 Å². The van der Waals surface area contributed by atoms with Crippen molar-refractivity contribution in [3.05, 3.63) is 48.6 Å². The summed E-state index contributed by atoms with van der Waals surface area (Å²) in [5.74, 6) is -0.295. The molecular formula is C14H21ClN2O. The number of carbonyl (C=O) groups excluding carboxylic acids is 1. The monoisotopic (exact) mass is 268 g/mol. The first-order chi connectivity index (χ1) is 8.19. The zero-order valence-corrected chi connectivity index (χ0v) is 11.5. The zero-order valence-electron chi connectivity index (χ0n) is 10.6. The highest BCUT2D eigenvalue weighted by molar-refractivity contribution is 5.85. The van der Waals surface area contributed by atoms with Crippen molar-refractivity contribution in [1.29, 1.82) is 0 Å². The van der Waals surface area contributed by atoms with Crippen LogP contribution in [0.5, 0.6) is 0 Å². The van der Waals surface area contributed by atoms with Crippen LogP contribution in [0.4, 0.5) is 0 Å². The summed E-state index contributed by atoms with van der Waals surface area (Å²) in [5, 5.41) is 2.94. The Morgan fingerprint density at radius 2 is 2.06 bits per heavy atom. The van der Waals surface area contributed by atoms with Gasteiger partial charge in [-0.15, -0.1) is 19.0 Å². The van der Waals surface area contributed by atoms with Crippen molar-refractivity contribution in [2.45, 2.75) is 25.3 Å². The molecule has 0 aliphatic carbocycles. The van der Waals surface area contributed by atoms with E-state index < -0.39 is 0 Å². The fourth-order valence-corrected chi connectivity index (χ4v) is 1.73. The molecule has 0 saturated carbocycles. The van der Waals surface area contributed by atoms with Gasteiger partial charge >= 0.3 is 0 Å². The fraction of sp³-hybridized carbons (Fsp3) is 0.357. The van der Waals surface area contributed by atoms with Crippen LogP contribution in [0.25, 0.3) is 0 Å². The summed E-state index contributed by atoms with van der Waals surface area (Å²) in [4.78, 5) is 12.0. The van der Waals surface area contributed by atoms with E-state index in [-0.39, 0.29) is 30.3 Å². The van der Waals surface area contributed by atoms with Crippen molar-refractivity contribution in [2.24, 2.45) is 5.73 Å². The molecule has 1 aromatic rings. The van der Waals surface area contributed by atoms with Crippen molar-refractivity contribution >= 4 is 18.3 Å². The van der Waals surface area contributed by atoms with E-state index in [1.807, 2.05) is 37.3 Å². The molecule has 0 radical (unpaired) electrons. The smallest absolute Gasteiger partial charge is 0.229 e. The van der Waals surface area contributed by atoms with Gasteiger partial charge in [0.15, 0.2) is 0 Å². The molecule has 0 aliphatic rings. The lowest BCUT2D eigenvalue weighted by molar-refractivity contribution is -0.122. The number of rotatable bonds is 6. The van der Waals surface area contributed by atoms with Gasteiger partial charge in [-0.2, -0.15) is 0 Å². The number of nitrogens with two attached hydrogens (primary N) is 1. The first-order valence-corrected chi connectivity index (χ1v) is 5.85. The van der Waals surface area contributed by atoms with Crippen LogP contribution in [-0.2, 0) is 4.79 Å². The topological polar surface area (TPSA) is 55.1 Å². The van der Waals surface area contributed by atoms with E-state index in [4.69, 9.17) is 5.73 Å². The predicted molar refractivity (Wildman–Crippen MR) is 77.9 cm³/mol. The second kappa shape index (κ2) is 8.72. The van der Waals surface area contributed by atoms with Gasteiger partial charge in [-0.05, 0) is 18.9 Å². The summed E-state index contributed by atoms with van der Waals surface area (Å²) in [6.45, 7) is 5.93. The van der Waals surface area contributed by atoms with Crippen LogP contribution < -0.4 is 11.1 Å². The molecule has 0 aromatic heterocycles. The summed E-state index contributed by atoms with van der Waals surface area (Å²) < 4.78 is 0. The molecule has 0 aliphatic heterocycles. The molecule has 0 spiro atoms. The number of nitrogens with one attached hydrogen (secondary N) is 1. The third kappa shape index (κ3) is 4.90. The van der Waals surface area contributed by atoms with E-state index in [0.29, 0.717) is 6.54 Å². The summed E-state index contributed by atoms with van der Waals surface area (Å²) in [5.41, 5.74) is 6.63. The number of hydrogen-bond donors (Lipinski definition) is 2. The Hall–Kier alpha value is -1.32. The fourth-order valence-electron chi connectivity index (χ4n) is 1.73. The lowest BCUT2D eigenvalue weighted by atomic mass is 9.98. The molecule has 1 rings (SSSR count). The Bertz CT molecular complexity index is 367. The molecule has 1 amide bonds. The third-order valence-electron chi connectivity index (χ3n) is 2.66. The van der Waals surface area contributed by atoms with Gasteiger partial charge in [0.25, 0.3) is 0 Å². The van der Waals surface area contributed by atoms with E-state index in [0.717, 1.165) is 12.0 Å². The van der Waals surface area contributed by atoms with Gasteiger partial charge < -0.3 is 11.1 Å². The maximum atomic E-state index is 12.0. The van der Waals surface area contributed by atoms with Crippen LogP contribution in [0.3, 0.4) is 0 Å². The van der Waals surface area contributed by atoms with Crippen LogP contribution in [0, 0.1) is 0 Å². The number of hydrogen-bond acceptors (Lipinski definition) is 2. The van der Waals surface area contributed by atoms with Gasteiger partial charge in [-0.25, -0.2) is 0 Å². The maximum absolute atomic E-state index is 12.0. The van der Waals surface area contributed by atoms with Gasteiger partial charge in [0.1, 0.15) is 0 Å². The lowest BCUT2D eigenvalue weighted by Gasteiger charge is -2.18. The van der Waals surface area contributed by atoms with Crippen molar-refractivity contribution in [3.8, 4) is 0 Å². The Morgan fingerprint density at radius 1 is 1.44 bits per heavy atom. The minimum Gasteiger partial charge on any atom is -0.353 e. The van der Waals surface area contributed by atoms with Crippen LogP contribution in [0.15, 0.2) is 43.0 Å². The zero-order chi connectivity index (χ0) is 12.7. The summed E-state index contributed by atoms with van der Waals surface area (Å²) in [7, 11) is 0. The second-order valence-corrected chi connectivity index (χ2v) is 4.13. The van der Waals surface area contributed by atoms with Crippen molar-refractivity contribution < 1.29 is 4.79 Å². The third-order valence-corrected chi connectivity index (χ3v) is 2.66. The Balaban J connectivity index is 0.00000289. The van der Waals surface area contributed by atoms with E-state index in [1.54, 1.807) is 6.08 Å². The van der Waals surface area contributed by atoms with E-state index in [2.05, 4.69) is 11.9 Å². The molecule has 2 unspecified atom stereocenters. The normalized spacial score (nSPS) is 13.0. The van der Waals surface area contributed by atoms with E-state index >= 15 is 0 Å². The number of halogens is 1. The minimum absolute atomic E-state index is 0. The maximum Gasteiger partial charge on any atom is 0.229 e. The molecule has 4 heteroatoms. The lowest BCUT2D eigenvalue weighted by Crippen LogP contribution is -2.38. The first kappa shape index (κ1) is 16.7. The highest BCUT2D eigenvalue weighted by atomic mass is 35.5. The number of carbonyl (C=O) groups is 1. The van der Waals surface area contributed by atoms with Gasteiger partial charge in [-0.1, -0.05) is 36.4 Å². The molecule has 3 N–H and O–H groups in total. The second-order valence-electron chi connectivity index (χ2n) is 4.13. The van der Waals surface area contributed by atoms with Gasteiger partial charge in [0.2, 0.25) is 5.91 Å². The standard InChI is InChI=1S/C14H20N2O.ClH/c1-3-7-11(2)16-14(17)13(10-15)12-8-5-4-6-9-12;/h3-6,8-9,11,13H,1,7,10,15H2,2H3,(H,16,17);1H. The average Bonchev–Trinajstić information content (AvgIpc) is 2.31. The van der Waals surface area contributed by atoms with Gasteiger partial charge in [0, 0.05) is 12.6 Å². The number of amides is 1. The Morgan fingerprint density at radius 3 is 2.56 bits per heavy atom. The molecule has 0 bridgehead atoms. The first-order valence-electron chi connectivity index (χ1n) is 5.85. The highest BCUT2D eigenvalue weighted by Crippen LogP contribution is 2.14. The number of benzene rings is 1. The minimum atomic E-state index is -0.275. The molecule has 2 atom stereocenters. The molecule has 0 saturated heterocycles. The van der Waals surface area contributed by atoms with Gasteiger partial charge in [-0.3, -0.25) is 4.79 Å². The van der Waals surface area contributed by atoms with Crippen LogP contribution in [0.1, 0.15) is 24.8 Å². The molecular weight excluding hydrogens is 248 g/mol. The van der Waals surface area contributed by atoms with Crippen molar-refractivity contribution in [3.63, 3.8) is 0 Å². The summed E-state index contributed by atoms with van der Waals surface area (Å²) >= 11 is 0. The van der Waals surface area contributed by atoms with E-state index in [1.165, 1.54) is 0 Å². The highest BCUT2D eigenvalue weighted by Gasteiger charge is 2.19. The van der Waals surface area contributed by atoms with E-state index in [9.17, 15) is 4.79 Å². The van der Waals surface area contributed by atoms with Gasteiger partial charge in [0.05, 0.1) is 5.92 Å².